The fraction of sp³-hybridized carbons (Fsp3) is 0.200. The second kappa shape index (κ2) is 3.63. The summed E-state index contributed by atoms with van der Waals surface area (Å²) in [5, 5.41) is 3.86. The zero-order valence-corrected chi connectivity index (χ0v) is 6.48. The third-order valence-corrected chi connectivity index (χ3v) is 1.95. The van der Waals surface area contributed by atoms with Crippen molar-refractivity contribution in [3.05, 3.63) is 12.3 Å². The third-order valence-electron chi connectivity index (χ3n) is 0.748. The molecule has 0 aliphatic carbocycles. The number of hydrogen-bond donors (Lipinski definition) is 0. The highest BCUT2D eigenvalue weighted by Crippen LogP contribution is 2.14. The van der Waals surface area contributed by atoms with Gasteiger partial charge in [-0.1, -0.05) is 16.9 Å². The second-order valence-electron chi connectivity index (χ2n) is 1.48. The van der Waals surface area contributed by atoms with E-state index in [-0.39, 0.29) is 11.0 Å². The molecule has 0 aliphatic rings. The number of halogens is 1. The van der Waals surface area contributed by atoms with Crippen LogP contribution >= 0.6 is 23.4 Å². The molecule has 0 atom stereocenters. The van der Waals surface area contributed by atoms with Gasteiger partial charge in [-0.2, -0.15) is 0 Å². The molecule has 0 saturated heterocycles. The van der Waals surface area contributed by atoms with E-state index in [1.165, 1.54) is 18.0 Å². The molecule has 1 rings (SSSR count). The summed E-state index contributed by atoms with van der Waals surface area (Å²) in [7, 11) is 0. The monoisotopic (exact) mass is 177 g/mol. The van der Waals surface area contributed by atoms with Gasteiger partial charge in [0.1, 0.15) is 11.3 Å². The Morgan fingerprint density at radius 1 is 1.90 bits per heavy atom. The van der Waals surface area contributed by atoms with Gasteiger partial charge in [-0.25, -0.2) is 0 Å². The van der Waals surface area contributed by atoms with Gasteiger partial charge in [0.05, 0.1) is 5.75 Å². The lowest BCUT2D eigenvalue weighted by Gasteiger charge is -1.86. The Morgan fingerprint density at radius 3 is 3.20 bits per heavy atom. The number of carbonyl (C=O) groups excluding carboxylic acids is 1. The number of hydrogen-bond acceptors (Lipinski definition) is 4. The molecule has 5 heteroatoms. The van der Waals surface area contributed by atoms with Gasteiger partial charge in [-0.3, -0.25) is 4.79 Å². The lowest BCUT2D eigenvalue weighted by atomic mass is 10.8. The van der Waals surface area contributed by atoms with E-state index in [4.69, 9.17) is 11.6 Å². The minimum absolute atomic E-state index is 0.230. The van der Waals surface area contributed by atoms with Crippen LogP contribution in [-0.4, -0.2) is 16.2 Å². The molecule has 0 unspecified atom stereocenters. The summed E-state index contributed by atoms with van der Waals surface area (Å²) in [5.74, 6) is 0.230. The Morgan fingerprint density at radius 2 is 2.70 bits per heavy atom. The van der Waals surface area contributed by atoms with Gasteiger partial charge in [0.25, 0.3) is 0 Å². The number of rotatable bonds is 3. The predicted molar refractivity (Wildman–Crippen MR) is 38.1 cm³/mol. The highest BCUT2D eigenvalue weighted by atomic mass is 35.5. The standard InChI is InChI=1S/C5H4ClNO2S/c6-4(8)3-10-5-1-2-9-7-5/h1-2H,3H2. The Balaban J connectivity index is 2.35. The highest BCUT2D eigenvalue weighted by molar-refractivity contribution is 8.00. The van der Waals surface area contributed by atoms with Crippen LogP contribution in [0, 0.1) is 0 Å². The van der Waals surface area contributed by atoms with E-state index in [1.807, 2.05) is 0 Å². The number of aromatic nitrogens is 1. The average molecular weight is 178 g/mol. The molecule has 0 aliphatic heterocycles. The molecule has 54 valence electrons. The lowest BCUT2D eigenvalue weighted by molar-refractivity contribution is -0.109. The van der Waals surface area contributed by atoms with Crippen LogP contribution in [0.3, 0.4) is 0 Å². The van der Waals surface area contributed by atoms with E-state index >= 15 is 0 Å². The van der Waals surface area contributed by atoms with Crippen LogP contribution in [0.2, 0.25) is 0 Å². The zero-order valence-electron chi connectivity index (χ0n) is 4.91. The topological polar surface area (TPSA) is 43.1 Å². The van der Waals surface area contributed by atoms with Crippen LogP contribution in [0.25, 0.3) is 0 Å². The van der Waals surface area contributed by atoms with Gasteiger partial charge >= 0.3 is 0 Å². The van der Waals surface area contributed by atoms with Gasteiger partial charge in [-0.15, -0.1) is 0 Å². The summed E-state index contributed by atoms with van der Waals surface area (Å²) in [4.78, 5) is 10.2. The largest absolute Gasteiger partial charge is 0.364 e. The van der Waals surface area contributed by atoms with E-state index in [1.54, 1.807) is 6.07 Å². The molecule has 1 aromatic heterocycles. The maximum absolute atomic E-state index is 10.2. The van der Waals surface area contributed by atoms with Crippen molar-refractivity contribution in [1.82, 2.24) is 5.16 Å². The lowest BCUT2D eigenvalue weighted by Crippen LogP contribution is -1.88. The van der Waals surface area contributed by atoms with Gasteiger partial charge in [0.15, 0.2) is 0 Å². The zero-order chi connectivity index (χ0) is 7.40. The van der Waals surface area contributed by atoms with Crippen molar-refractivity contribution in [2.24, 2.45) is 0 Å². The summed E-state index contributed by atoms with van der Waals surface area (Å²) in [6, 6.07) is 1.67. The van der Waals surface area contributed by atoms with Crippen molar-refractivity contribution in [3.63, 3.8) is 0 Å². The Kier molecular flexibility index (Phi) is 2.77. The van der Waals surface area contributed by atoms with Gasteiger partial charge in [0.2, 0.25) is 5.24 Å². The number of thioether (sulfide) groups is 1. The van der Waals surface area contributed by atoms with Crippen LogP contribution in [0.5, 0.6) is 0 Å². The van der Waals surface area contributed by atoms with Crippen molar-refractivity contribution in [2.75, 3.05) is 5.75 Å². The molecule has 0 bridgehead atoms. The van der Waals surface area contributed by atoms with Gasteiger partial charge < -0.3 is 4.52 Å². The normalized spacial score (nSPS) is 9.70. The quantitative estimate of drug-likeness (QED) is 0.519. The fourth-order valence-corrected chi connectivity index (χ4v) is 1.08. The second-order valence-corrected chi connectivity index (χ2v) is 2.90. The Bertz CT molecular complexity index is 211. The average Bonchev–Trinajstić information content (AvgIpc) is 2.34. The molecule has 0 aromatic carbocycles. The number of carbonyl (C=O) groups is 1. The first-order valence-corrected chi connectivity index (χ1v) is 3.87. The van der Waals surface area contributed by atoms with Crippen LogP contribution in [0.15, 0.2) is 21.9 Å². The molecule has 3 nitrogen and oxygen atoms in total. The summed E-state index contributed by atoms with van der Waals surface area (Å²) in [5.41, 5.74) is 0. The minimum Gasteiger partial charge on any atom is -0.364 e. The van der Waals surface area contributed by atoms with Crippen LogP contribution in [0.1, 0.15) is 0 Å². The molecular formula is C5H4ClNO2S. The molecule has 1 aromatic rings. The molecule has 0 spiro atoms. The Hall–Kier alpha value is -0.480. The summed E-state index contributed by atoms with van der Waals surface area (Å²) in [6.45, 7) is 0. The van der Waals surface area contributed by atoms with Crippen molar-refractivity contribution >= 4 is 28.6 Å². The smallest absolute Gasteiger partial charge is 0.231 e. The first-order chi connectivity index (χ1) is 4.79. The predicted octanol–water partition coefficient (Wildman–Crippen LogP) is 1.53. The molecule has 1 heterocycles. The van der Waals surface area contributed by atoms with Gasteiger partial charge in [-0.05, 0) is 11.6 Å². The summed E-state index contributed by atoms with van der Waals surface area (Å²) < 4.78 is 4.52. The van der Waals surface area contributed by atoms with Crippen molar-refractivity contribution in [3.8, 4) is 0 Å². The fourth-order valence-electron chi connectivity index (χ4n) is 0.407. The molecule has 0 amide bonds. The first kappa shape index (κ1) is 7.63. The summed E-state index contributed by atoms with van der Waals surface area (Å²) in [6.07, 6.45) is 1.45. The molecule has 0 saturated carbocycles. The van der Waals surface area contributed by atoms with E-state index in [9.17, 15) is 4.79 Å². The van der Waals surface area contributed by atoms with E-state index in [0.29, 0.717) is 5.03 Å². The van der Waals surface area contributed by atoms with Crippen LogP contribution in [-0.2, 0) is 4.79 Å². The molecular weight excluding hydrogens is 174 g/mol. The first-order valence-electron chi connectivity index (χ1n) is 2.50. The van der Waals surface area contributed by atoms with E-state index in [2.05, 4.69) is 9.68 Å². The van der Waals surface area contributed by atoms with Crippen LogP contribution in [0.4, 0.5) is 0 Å². The van der Waals surface area contributed by atoms with E-state index < -0.39 is 0 Å². The van der Waals surface area contributed by atoms with Gasteiger partial charge in [0, 0.05) is 6.07 Å². The SMILES string of the molecule is O=C(Cl)CSc1ccon1. The minimum atomic E-state index is -0.381. The molecule has 0 fully saturated rings. The van der Waals surface area contributed by atoms with Crippen molar-refractivity contribution in [2.45, 2.75) is 5.03 Å². The molecule has 10 heavy (non-hydrogen) atoms. The molecule has 0 radical (unpaired) electrons. The maximum atomic E-state index is 10.2. The van der Waals surface area contributed by atoms with E-state index in [0.717, 1.165) is 0 Å². The highest BCUT2D eigenvalue weighted by Gasteiger charge is 2.00. The molecule has 0 N–H and O–H groups in total. The van der Waals surface area contributed by atoms with Crippen LogP contribution < -0.4 is 0 Å². The third kappa shape index (κ3) is 2.41. The van der Waals surface area contributed by atoms with Crippen molar-refractivity contribution < 1.29 is 9.32 Å². The summed E-state index contributed by atoms with van der Waals surface area (Å²) >= 11 is 6.33. The maximum Gasteiger partial charge on any atom is 0.231 e. The number of nitrogens with zero attached hydrogens (tertiary/aromatic N) is 1. The van der Waals surface area contributed by atoms with Crippen molar-refractivity contribution in [1.29, 1.82) is 0 Å². The Labute approximate surface area is 66.7 Å².